The fourth-order valence-corrected chi connectivity index (χ4v) is 0.550. The Morgan fingerprint density at radius 1 is 0.762 bits per heavy atom. The topological polar surface area (TPSA) is 52.6 Å². The number of carbonyl (C=O) groups excluding carboxylic acids is 2. The predicted octanol–water partition coefficient (Wildman–Crippen LogP) is 2.86. The predicted molar refractivity (Wildman–Crippen MR) is 50.3 cm³/mol. The zero-order valence-corrected chi connectivity index (χ0v) is 10.6. The molecule has 0 radical (unpaired) electrons. The largest absolute Gasteiger partial charge is 0.490 e. The smallest absolute Gasteiger partial charge is 0.461 e. The Hall–Kier alpha value is -1.62. The standard InChI is InChI=1S/C5H5F5O2.C4H5F3O2/c1-2-12-3(11)4(6,7)5(8,9)10;1-2-9-3(8)4(5,6)7/h2H2,1H3;2H2,1H3. The molecule has 0 N–H and O–H groups in total. The molecule has 0 unspecified atom stereocenters. The van der Waals surface area contributed by atoms with E-state index in [1.807, 2.05) is 0 Å². The number of rotatable bonds is 3. The van der Waals surface area contributed by atoms with Gasteiger partial charge in [0, 0.05) is 0 Å². The summed E-state index contributed by atoms with van der Waals surface area (Å²) in [5, 5.41) is 0. The monoisotopic (exact) mass is 334 g/mol. The summed E-state index contributed by atoms with van der Waals surface area (Å²) in [4.78, 5) is 19.7. The zero-order valence-electron chi connectivity index (χ0n) is 10.6. The number of hydrogen-bond acceptors (Lipinski definition) is 4. The maximum absolute atomic E-state index is 11.9. The van der Waals surface area contributed by atoms with Gasteiger partial charge in [-0.25, -0.2) is 9.59 Å². The highest BCUT2D eigenvalue weighted by Crippen LogP contribution is 2.36. The first kappa shape index (κ1) is 21.7. The van der Waals surface area contributed by atoms with Crippen LogP contribution >= 0.6 is 0 Å². The Balaban J connectivity index is 0. The van der Waals surface area contributed by atoms with Crippen molar-refractivity contribution in [3.8, 4) is 0 Å². The van der Waals surface area contributed by atoms with Crippen molar-refractivity contribution >= 4 is 11.9 Å². The number of ether oxygens (including phenoxy) is 2. The van der Waals surface area contributed by atoms with Crippen LogP contribution in [0, 0.1) is 0 Å². The first-order chi connectivity index (χ1) is 9.21. The third kappa shape index (κ3) is 7.66. The van der Waals surface area contributed by atoms with Gasteiger partial charge in [-0.3, -0.25) is 0 Å². The molecule has 0 atom stereocenters. The van der Waals surface area contributed by atoms with Crippen LogP contribution in [-0.4, -0.2) is 43.4 Å². The van der Waals surface area contributed by atoms with E-state index in [0.29, 0.717) is 0 Å². The number of carbonyl (C=O) groups is 2. The van der Waals surface area contributed by atoms with Gasteiger partial charge in [-0.05, 0) is 13.8 Å². The van der Waals surface area contributed by atoms with E-state index >= 15 is 0 Å². The van der Waals surface area contributed by atoms with Crippen LogP contribution in [0.3, 0.4) is 0 Å². The van der Waals surface area contributed by atoms with Gasteiger partial charge in [0.2, 0.25) is 0 Å². The van der Waals surface area contributed by atoms with E-state index in [-0.39, 0.29) is 6.61 Å². The van der Waals surface area contributed by atoms with Gasteiger partial charge in [-0.1, -0.05) is 0 Å². The third-order valence-electron chi connectivity index (χ3n) is 1.39. The molecule has 126 valence electrons. The fraction of sp³-hybridized carbons (Fsp3) is 0.778. The Bertz CT molecular complexity index is 347. The maximum Gasteiger partial charge on any atom is 0.490 e. The molecule has 0 aliphatic carbocycles. The molecule has 0 aromatic rings. The van der Waals surface area contributed by atoms with Crippen LogP contribution in [0.15, 0.2) is 0 Å². The van der Waals surface area contributed by atoms with Gasteiger partial charge in [0.1, 0.15) is 0 Å². The van der Waals surface area contributed by atoms with Crippen molar-refractivity contribution in [3.05, 3.63) is 0 Å². The summed E-state index contributed by atoms with van der Waals surface area (Å²) in [6.45, 7) is 1.66. The number of alkyl halides is 8. The molecule has 0 aromatic heterocycles. The molecule has 4 nitrogen and oxygen atoms in total. The number of halogens is 8. The van der Waals surface area contributed by atoms with E-state index in [2.05, 4.69) is 9.47 Å². The van der Waals surface area contributed by atoms with Crippen LogP contribution < -0.4 is 0 Å². The molecule has 0 amide bonds. The first-order valence-corrected chi connectivity index (χ1v) is 5.07. The summed E-state index contributed by atoms with van der Waals surface area (Å²) < 4.78 is 98.5. The van der Waals surface area contributed by atoms with E-state index in [0.717, 1.165) is 6.92 Å². The normalized spacial score (nSPS) is 12.1. The highest BCUT2D eigenvalue weighted by Gasteiger charge is 2.64. The molecule has 0 aromatic carbocycles. The van der Waals surface area contributed by atoms with E-state index in [1.54, 1.807) is 0 Å². The van der Waals surface area contributed by atoms with Crippen molar-refractivity contribution in [3.63, 3.8) is 0 Å². The van der Waals surface area contributed by atoms with Crippen molar-refractivity contribution in [1.82, 2.24) is 0 Å². The van der Waals surface area contributed by atoms with Crippen LogP contribution in [-0.2, 0) is 19.1 Å². The van der Waals surface area contributed by atoms with Crippen molar-refractivity contribution in [2.45, 2.75) is 32.1 Å². The average Bonchev–Trinajstić information content (AvgIpc) is 2.27. The summed E-state index contributed by atoms with van der Waals surface area (Å²) in [5.41, 5.74) is 0. The Morgan fingerprint density at radius 2 is 1.10 bits per heavy atom. The summed E-state index contributed by atoms with van der Waals surface area (Å²) in [5.74, 6) is -10.1. The number of esters is 2. The molecule has 0 rings (SSSR count). The van der Waals surface area contributed by atoms with Crippen molar-refractivity contribution in [2.24, 2.45) is 0 Å². The van der Waals surface area contributed by atoms with Crippen LogP contribution in [0.5, 0.6) is 0 Å². The zero-order chi connectivity index (χ0) is 17.5. The minimum Gasteiger partial charge on any atom is -0.461 e. The molecule has 21 heavy (non-hydrogen) atoms. The second kappa shape index (κ2) is 7.98. The molecule has 0 bridgehead atoms. The highest BCUT2D eigenvalue weighted by atomic mass is 19.4. The van der Waals surface area contributed by atoms with Gasteiger partial charge in [0.05, 0.1) is 13.2 Å². The van der Waals surface area contributed by atoms with E-state index in [9.17, 15) is 44.7 Å². The third-order valence-corrected chi connectivity index (χ3v) is 1.39. The molecule has 0 fully saturated rings. The molecule has 12 heteroatoms. The van der Waals surface area contributed by atoms with Gasteiger partial charge < -0.3 is 9.47 Å². The van der Waals surface area contributed by atoms with Gasteiger partial charge in [0.15, 0.2) is 0 Å². The van der Waals surface area contributed by atoms with Gasteiger partial charge in [0.25, 0.3) is 0 Å². The van der Waals surface area contributed by atoms with Gasteiger partial charge >= 0.3 is 30.2 Å². The van der Waals surface area contributed by atoms with Crippen LogP contribution in [0.2, 0.25) is 0 Å². The highest BCUT2D eigenvalue weighted by molar-refractivity contribution is 5.78. The minimum atomic E-state index is -5.89. The quantitative estimate of drug-likeness (QED) is 0.588. The lowest BCUT2D eigenvalue weighted by Gasteiger charge is -2.16. The van der Waals surface area contributed by atoms with Crippen molar-refractivity contribution < 1.29 is 54.2 Å². The number of hydrogen-bond donors (Lipinski definition) is 0. The van der Waals surface area contributed by atoms with Crippen molar-refractivity contribution in [2.75, 3.05) is 13.2 Å². The minimum absolute atomic E-state index is 0.252. The second-order valence-electron chi connectivity index (χ2n) is 3.01. The van der Waals surface area contributed by atoms with Crippen LogP contribution in [0.25, 0.3) is 0 Å². The first-order valence-electron chi connectivity index (χ1n) is 5.07. The fourth-order valence-electron chi connectivity index (χ4n) is 0.550. The molecule has 0 spiro atoms. The summed E-state index contributed by atoms with van der Waals surface area (Å²) in [6.07, 6.45) is -10.7. The lowest BCUT2D eigenvalue weighted by molar-refractivity contribution is -0.280. The Morgan fingerprint density at radius 3 is 1.29 bits per heavy atom. The maximum atomic E-state index is 11.9. The lowest BCUT2D eigenvalue weighted by atomic mass is 10.3. The van der Waals surface area contributed by atoms with E-state index in [4.69, 9.17) is 0 Å². The van der Waals surface area contributed by atoms with Gasteiger partial charge in [-0.2, -0.15) is 35.1 Å². The summed E-state index contributed by atoms with van der Waals surface area (Å²) >= 11 is 0. The molecule has 0 aliphatic heterocycles. The average molecular weight is 334 g/mol. The molecule has 0 saturated carbocycles. The summed E-state index contributed by atoms with van der Waals surface area (Å²) in [7, 11) is 0. The molecular weight excluding hydrogens is 324 g/mol. The van der Waals surface area contributed by atoms with Crippen LogP contribution in [0.1, 0.15) is 13.8 Å². The molecule has 0 heterocycles. The van der Waals surface area contributed by atoms with Gasteiger partial charge in [-0.15, -0.1) is 0 Å². The summed E-state index contributed by atoms with van der Waals surface area (Å²) in [6, 6.07) is 0. The molecular formula is C9H10F8O4. The van der Waals surface area contributed by atoms with Crippen molar-refractivity contribution in [1.29, 1.82) is 0 Å². The molecule has 0 saturated heterocycles. The van der Waals surface area contributed by atoms with E-state index in [1.165, 1.54) is 6.92 Å². The Labute approximate surface area is 113 Å². The second-order valence-corrected chi connectivity index (χ2v) is 3.01. The van der Waals surface area contributed by atoms with Crippen LogP contribution in [0.4, 0.5) is 35.1 Å². The molecule has 0 aliphatic rings. The lowest BCUT2D eigenvalue weighted by Crippen LogP contribution is -2.45. The Kier molecular flexibility index (Phi) is 8.23. The SMILES string of the molecule is CCOC(=O)C(F)(F)C(F)(F)F.CCOC(=O)C(F)(F)F. The van der Waals surface area contributed by atoms with E-state index < -0.39 is 36.8 Å².